The highest BCUT2D eigenvalue weighted by molar-refractivity contribution is 5.68. The van der Waals surface area contributed by atoms with Crippen LogP contribution in [0.15, 0.2) is 24.3 Å². The van der Waals surface area contributed by atoms with Crippen LogP contribution in [0.1, 0.15) is 12.5 Å². The number of aromatic nitrogens is 2. The van der Waals surface area contributed by atoms with Gasteiger partial charge < -0.3 is 14.5 Å². The molecule has 1 fully saturated rings. The van der Waals surface area contributed by atoms with Gasteiger partial charge in [-0.25, -0.2) is 14.8 Å². The number of alkyl halides is 3. The van der Waals surface area contributed by atoms with Crippen molar-refractivity contribution in [2.75, 3.05) is 37.7 Å². The molecule has 0 aromatic rings. The quantitative estimate of drug-likeness (QED) is 0.830. The molecule has 0 spiro atoms. The topological polar surface area (TPSA) is 58.6 Å². The molecule has 0 atom stereocenters. The van der Waals surface area contributed by atoms with E-state index in [1.54, 1.807) is 11.8 Å². The number of hydrogen-bond donors (Lipinski definition) is 0. The van der Waals surface area contributed by atoms with E-state index in [0.717, 1.165) is 12.1 Å². The zero-order valence-corrected chi connectivity index (χ0v) is 13.6. The Kier molecular flexibility index (Phi) is 4.65. The van der Waals surface area contributed by atoms with Gasteiger partial charge in [-0.2, -0.15) is 13.2 Å². The van der Waals surface area contributed by atoms with Crippen molar-refractivity contribution in [2.24, 2.45) is 0 Å². The first-order valence-electron chi connectivity index (χ1n) is 7.90. The fourth-order valence-corrected chi connectivity index (χ4v) is 2.63. The molecule has 1 saturated heterocycles. The molecule has 0 bridgehead atoms. The van der Waals surface area contributed by atoms with Crippen molar-refractivity contribution in [3.8, 4) is 11.4 Å². The molecule has 0 N–H and O–H groups in total. The van der Waals surface area contributed by atoms with Gasteiger partial charge in [0.25, 0.3) is 0 Å². The number of amides is 1. The standard InChI is InChI=1S/C16H17F3N4O2/c1-2-25-15(24)23-9-7-22(8-10-23)14-20-12-5-3-11(16(17,18)19)4-6-13(12)21-14/h3-6H,2,7-10H2,1H3. The van der Waals surface area contributed by atoms with E-state index < -0.39 is 11.7 Å². The first-order valence-corrected chi connectivity index (χ1v) is 7.90. The molecule has 0 unspecified atom stereocenters. The zero-order chi connectivity index (χ0) is 18.0. The highest BCUT2D eigenvalue weighted by Crippen LogP contribution is 2.31. The minimum Gasteiger partial charge on any atom is -0.450 e. The summed E-state index contributed by atoms with van der Waals surface area (Å²) in [6.07, 6.45) is -4.75. The number of piperazine rings is 1. The fourth-order valence-electron chi connectivity index (χ4n) is 2.63. The maximum Gasteiger partial charge on any atom is 0.416 e. The SMILES string of the molecule is CCOC(=O)N1CCN(c2nc3ccc(C(F)(F)F)ccc-3n2)CC1. The Morgan fingerprint density at radius 2 is 1.64 bits per heavy atom. The molecule has 9 heteroatoms. The summed E-state index contributed by atoms with van der Waals surface area (Å²) in [5.74, 6) is 0.457. The van der Waals surface area contributed by atoms with Gasteiger partial charge >= 0.3 is 12.3 Å². The second-order valence-corrected chi connectivity index (χ2v) is 5.59. The van der Waals surface area contributed by atoms with Crippen LogP contribution in [-0.2, 0) is 10.9 Å². The molecule has 6 nitrogen and oxygen atoms in total. The van der Waals surface area contributed by atoms with Gasteiger partial charge in [0.05, 0.1) is 23.6 Å². The third-order valence-corrected chi connectivity index (χ3v) is 3.96. The molecule has 25 heavy (non-hydrogen) atoms. The minimum absolute atomic E-state index is 0.327. The lowest BCUT2D eigenvalue weighted by molar-refractivity contribution is -0.137. The largest absolute Gasteiger partial charge is 0.450 e. The van der Waals surface area contributed by atoms with E-state index in [-0.39, 0.29) is 6.09 Å². The Morgan fingerprint density at radius 3 is 2.12 bits per heavy atom. The molecule has 3 aliphatic rings. The van der Waals surface area contributed by atoms with Gasteiger partial charge in [0.1, 0.15) is 0 Å². The number of imidazole rings is 1. The van der Waals surface area contributed by atoms with Crippen molar-refractivity contribution in [2.45, 2.75) is 13.1 Å². The number of hydrogen-bond acceptors (Lipinski definition) is 5. The number of anilines is 1. The molecule has 0 aromatic carbocycles. The summed E-state index contributed by atoms with van der Waals surface area (Å²) in [6.45, 7) is 4.12. The van der Waals surface area contributed by atoms with Crippen LogP contribution in [0.25, 0.3) is 11.4 Å². The van der Waals surface area contributed by atoms with Gasteiger partial charge in [-0.05, 0) is 31.2 Å². The van der Waals surface area contributed by atoms with Gasteiger partial charge in [-0.3, -0.25) is 0 Å². The van der Waals surface area contributed by atoms with Gasteiger partial charge in [0.15, 0.2) is 0 Å². The van der Waals surface area contributed by atoms with Crippen LogP contribution in [0.5, 0.6) is 0 Å². The fraction of sp³-hybridized carbons (Fsp3) is 0.438. The lowest BCUT2D eigenvalue weighted by Crippen LogP contribution is -2.49. The Morgan fingerprint density at radius 1 is 1.08 bits per heavy atom. The summed E-state index contributed by atoms with van der Waals surface area (Å²) in [7, 11) is 0. The van der Waals surface area contributed by atoms with Crippen LogP contribution in [0.3, 0.4) is 0 Å². The van der Waals surface area contributed by atoms with E-state index in [1.807, 2.05) is 4.90 Å². The lowest BCUT2D eigenvalue weighted by Gasteiger charge is -2.33. The molecule has 1 amide bonds. The average Bonchev–Trinajstić information content (AvgIpc) is 2.86. The van der Waals surface area contributed by atoms with Crippen LogP contribution in [0.4, 0.5) is 23.9 Å². The first kappa shape index (κ1) is 17.2. The van der Waals surface area contributed by atoms with E-state index in [1.165, 1.54) is 12.1 Å². The van der Waals surface area contributed by atoms with Crippen molar-refractivity contribution in [1.29, 1.82) is 0 Å². The molecule has 2 aliphatic heterocycles. The third-order valence-electron chi connectivity index (χ3n) is 3.96. The van der Waals surface area contributed by atoms with Gasteiger partial charge in [-0.1, -0.05) is 0 Å². The van der Waals surface area contributed by atoms with E-state index in [9.17, 15) is 18.0 Å². The molecular weight excluding hydrogens is 337 g/mol. The first-order chi connectivity index (χ1) is 11.9. The number of halogens is 3. The lowest BCUT2D eigenvalue weighted by atomic mass is 10.3. The van der Waals surface area contributed by atoms with Crippen LogP contribution in [0, 0.1) is 0 Å². The van der Waals surface area contributed by atoms with E-state index in [0.29, 0.717) is 50.1 Å². The number of rotatable bonds is 2. The molecule has 0 saturated carbocycles. The molecular formula is C16H17F3N4O2. The van der Waals surface area contributed by atoms with Gasteiger partial charge in [0.2, 0.25) is 5.95 Å². The summed E-state index contributed by atoms with van der Waals surface area (Å²) in [4.78, 5) is 23.8. The number of fused-ring (bicyclic) bond motifs is 1. The van der Waals surface area contributed by atoms with Crippen molar-refractivity contribution < 1.29 is 22.7 Å². The second kappa shape index (κ2) is 6.73. The predicted molar refractivity (Wildman–Crippen MR) is 84.5 cm³/mol. The van der Waals surface area contributed by atoms with E-state index >= 15 is 0 Å². The summed E-state index contributed by atoms with van der Waals surface area (Å²) >= 11 is 0. The summed E-state index contributed by atoms with van der Waals surface area (Å²) in [5, 5.41) is 0. The summed E-state index contributed by atoms with van der Waals surface area (Å²) in [6, 6.07) is 4.64. The van der Waals surface area contributed by atoms with Crippen LogP contribution < -0.4 is 4.90 Å². The van der Waals surface area contributed by atoms with Gasteiger partial charge in [0, 0.05) is 26.2 Å². The van der Waals surface area contributed by atoms with Crippen LogP contribution in [-0.4, -0.2) is 53.7 Å². The predicted octanol–water partition coefficient (Wildman–Crippen LogP) is 2.88. The molecule has 3 rings (SSSR count). The second-order valence-electron chi connectivity index (χ2n) is 5.59. The van der Waals surface area contributed by atoms with Crippen molar-refractivity contribution in [1.82, 2.24) is 14.9 Å². The van der Waals surface area contributed by atoms with Crippen LogP contribution in [0.2, 0.25) is 0 Å². The molecule has 0 radical (unpaired) electrons. The average molecular weight is 354 g/mol. The van der Waals surface area contributed by atoms with Crippen molar-refractivity contribution in [3.63, 3.8) is 0 Å². The van der Waals surface area contributed by atoms with E-state index in [4.69, 9.17) is 4.74 Å². The van der Waals surface area contributed by atoms with Crippen LogP contribution >= 0.6 is 0 Å². The maximum absolute atomic E-state index is 12.7. The maximum atomic E-state index is 12.7. The van der Waals surface area contributed by atoms with Gasteiger partial charge in [-0.15, -0.1) is 0 Å². The Balaban J connectivity index is 1.73. The molecule has 1 aliphatic carbocycles. The summed E-state index contributed by atoms with van der Waals surface area (Å²) in [5.41, 5.74) is 0.0635. The monoisotopic (exact) mass is 354 g/mol. The Hall–Kier alpha value is -2.58. The summed E-state index contributed by atoms with van der Waals surface area (Å²) < 4.78 is 43.2. The number of carbonyl (C=O) groups is 1. The van der Waals surface area contributed by atoms with Crippen molar-refractivity contribution in [3.05, 3.63) is 29.8 Å². The highest BCUT2D eigenvalue weighted by Gasteiger charge is 2.30. The highest BCUT2D eigenvalue weighted by atomic mass is 19.4. The number of nitrogens with zero attached hydrogens (tertiary/aromatic N) is 4. The zero-order valence-electron chi connectivity index (χ0n) is 13.6. The normalized spacial score (nSPS) is 15.5. The molecule has 0 aromatic heterocycles. The smallest absolute Gasteiger partial charge is 0.416 e. The van der Waals surface area contributed by atoms with Crippen molar-refractivity contribution >= 4 is 12.0 Å². The number of ether oxygens (including phenoxy) is 1. The number of carbonyl (C=O) groups excluding carboxylic acids is 1. The van der Waals surface area contributed by atoms with E-state index in [2.05, 4.69) is 9.97 Å². The minimum atomic E-state index is -4.40. The Bertz CT molecular complexity index is 696. The molecule has 134 valence electrons. The molecule has 2 heterocycles. The Labute approximate surface area is 142 Å². The third kappa shape index (κ3) is 3.75.